The van der Waals surface area contributed by atoms with Crippen LogP contribution in [0.3, 0.4) is 0 Å². The largest absolute Gasteiger partial charge is 0.340 e. The number of hydrogen-bond acceptors (Lipinski definition) is 1. The van der Waals surface area contributed by atoms with Crippen LogP contribution in [-0.4, -0.2) is 10.4 Å². The number of para-hydroxylation sites is 1. The Morgan fingerprint density at radius 3 is 2.35 bits per heavy atom. The van der Waals surface area contributed by atoms with Crippen LogP contribution in [-0.2, 0) is 6.54 Å². The molecule has 0 unspecified atom stereocenters. The third-order valence-electron chi connectivity index (χ3n) is 4.62. The van der Waals surface area contributed by atoms with Crippen molar-refractivity contribution in [1.29, 1.82) is 0 Å². The zero-order valence-electron chi connectivity index (χ0n) is 14.2. The van der Waals surface area contributed by atoms with Gasteiger partial charge in [0.05, 0.1) is 5.56 Å². The van der Waals surface area contributed by atoms with E-state index < -0.39 is 5.82 Å². The molecule has 1 aromatic heterocycles. The van der Waals surface area contributed by atoms with E-state index in [0.29, 0.717) is 6.54 Å². The van der Waals surface area contributed by atoms with Gasteiger partial charge in [-0.15, -0.1) is 0 Å². The molecule has 1 heterocycles. The van der Waals surface area contributed by atoms with E-state index in [2.05, 4.69) is 34.9 Å². The van der Waals surface area contributed by atoms with Crippen LogP contribution in [0.5, 0.6) is 0 Å². The molecule has 26 heavy (non-hydrogen) atoms. The fourth-order valence-corrected chi connectivity index (χ4v) is 3.33. The van der Waals surface area contributed by atoms with Crippen molar-refractivity contribution in [2.24, 2.45) is 0 Å². The van der Waals surface area contributed by atoms with Crippen LogP contribution >= 0.6 is 0 Å². The monoisotopic (exact) mass is 343 g/mol. The van der Waals surface area contributed by atoms with Crippen molar-refractivity contribution in [3.8, 4) is 11.3 Å². The third-order valence-corrected chi connectivity index (χ3v) is 4.62. The first-order valence-electron chi connectivity index (χ1n) is 8.65. The lowest BCUT2D eigenvalue weighted by molar-refractivity contribution is 0.0974. The van der Waals surface area contributed by atoms with Crippen LogP contribution in [0.25, 0.3) is 22.2 Å². The number of ketones is 1. The van der Waals surface area contributed by atoms with E-state index in [1.165, 1.54) is 6.07 Å². The zero-order valence-corrected chi connectivity index (χ0v) is 14.2. The molecular formula is C23H18FNO. The van der Waals surface area contributed by atoms with E-state index in [9.17, 15) is 9.18 Å². The van der Waals surface area contributed by atoms with Crippen LogP contribution in [0, 0.1) is 5.82 Å². The van der Waals surface area contributed by atoms with Crippen molar-refractivity contribution in [3.63, 3.8) is 0 Å². The molecule has 2 nitrogen and oxygen atoms in total. The summed E-state index contributed by atoms with van der Waals surface area (Å²) in [5.74, 6) is -0.641. The lowest BCUT2D eigenvalue weighted by Gasteiger charge is -2.11. The quantitative estimate of drug-likeness (QED) is 0.425. The molecule has 128 valence electrons. The average molecular weight is 343 g/mol. The first-order valence-corrected chi connectivity index (χ1v) is 8.65. The highest BCUT2D eigenvalue weighted by Crippen LogP contribution is 2.28. The van der Waals surface area contributed by atoms with Crippen LogP contribution in [0.2, 0.25) is 0 Å². The number of Topliss-reactive ketones (excluding diaryl/α,β-unsaturated/α-hetero) is 1. The standard InChI is InChI=1S/C23H18FNO/c24-20-12-6-5-11-19(20)23(26)14-15-25-21-13-7-4-10-18(21)16-22(25)17-8-2-1-3-9-17/h1-13,16H,14-15H2. The second-order valence-corrected chi connectivity index (χ2v) is 6.26. The van der Waals surface area contributed by atoms with Gasteiger partial charge in [-0.3, -0.25) is 4.79 Å². The van der Waals surface area contributed by atoms with Crippen molar-refractivity contribution in [2.75, 3.05) is 0 Å². The predicted octanol–water partition coefficient (Wildman–Crippen LogP) is 5.72. The Bertz CT molecular complexity index is 1070. The number of carbonyl (C=O) groups excluding carboxylic acids is 1. The summed E-state index contributed by atoms with van der Waals surface area (Å²) in [5.41, 5.74) is 3.40. The van der Waals surface area contributed by atoms with E-state index in [1.807, 2.05) is 30.3 Å². The smallest absolute Gasteiger partial charge is 0.167 e. The van der Waals surface area contributed by atoms with E-state index in [1.54, 1.807) is 18.2 Å². The Labute approximate surface area is 151 Å². The van der Waals surface area contributed by atoms with Gasteiger partial charge in [0.25, 0.3) is 0 Å². The Kier molecular flexibility index (Phi) is 4.36. The Morgan fingerprint density at radius 2 is 1.54 bits per heavy atom. The molecule has 0 aliphatic rings. The average Bonchev–Trinajstić information content (AvgIpc) is 3.06. The van der Waals surface area contributed by atoms with Gasteiger partial charge in [0.15, 0.2) is 5.78 Å². The van der Waals surface area contributed by atoms with E-state index >= 15 is 0 Å². The molecule has 3 heteroatoms. The van der Waals surface area contributed by atoms with Gasteiger partial charge >= 0.3 is 0 Å². The summed E-state index contributed by atoms with van der Waals surface area (Å²) in [6, 6.07) is 26.5. The number of aromatic nitrogens is 1. The maximum absolute atomic E-state index is 13.9. The molecule has 0 spiro atoms. The summed E-state index contributed by atoms with van der Waals surface area (Å²) in [4.78, 5) is 12.5. The number of nitrogens with zero attached hydrogens (tertiary/aromatic N) is 1. The molecule has 4 aromatic rings. The van der Waals surface area contributed by atoms with Gasteiger partial charge in [-0.25, -0.2) is 4.39 Å². The van der Waals surface area contributed by atoms with E-state index in [4.69, 9.17) is 0 Å². The predicted molar refractivity (Wildman–Crippen MR) is 103 cm³/mol. The Balaban J connectivity index is 1.70. The highest BCUT2D eigenvalue weighted by atomic mass is 19.1. The number of carbonyl (C=O) groups is 1. The van der Waals surface area contributed by atoms with Crippen LogP contribution < -0.4 is 0 Å². The van der Waals surface area contributed by atoms with Gasteiger partial charge in [0, 0.05) is 29.6 Å². The number of fused-ring (bicyclic) bond motifs is 1. The zero-order chi connectivity index (χ0) is 17.9. The SMILES string of the molecule is O=C(CCn1c(-c2ccccc2)cc2ccccc21)c1ccccc1F. The molecule has 4 rings (SSSR count). The highest BCUT2D eigenvalue weighted by molar-refractivity contribution is 5.96. The topological polar surface area (TPSA) is 22.0 Å². The number of benzene rings is 3. The molecule has 0 saturated heterocycles. The van der Waals surface area contributed by atoms with Crippen molar-refractivity contribution < 1.29 is 9.18 Å². The number of halogens is 1. The molecule has 0 atom stereocenters. The van der Waals surface area contributed by atoms with Crippen LogP contribution in [0.1, 0.15) is 16.8 Å². The highest BCUT2D eigenvalue weighted by Gasteiger charge is 2.14. The summed E-state index contributed by atoms with van der Waals surface area (Å²) in [6.07, 6.45) is 0.249. The minimum atomic E-state index is -0.460. The lowest BCUT2D eigenvalue weighted by Crippen LogP contribution is -2.08. The maximum Gasteiger partial charge on any atom is 0.167 e. The second kappa shape index (κ2) is 6.96. The Morgan fingerprint density at radius 1 is 0.846 bits per heavy atom. The summed E-state index contributed by atoms with van der Waals surface area (Å²) in [7, 11) is 0. The minimum Gasteiger partial charge on any atom is -0.340 e. The normalized spacial score (nSPS) is 11.0. The lowest BCUT2D eigenvalue weighted by atomic mass is 10.1. The van der Waals surface area contributed by atoms with E-state index in [0.717, 1.165) is 22.2 Å². The first kappa shape index (κ1) is 16.3. The molecule has 0 amide bonds. The molecule has 0 saturated carbocycles. The third kappa shape index (κ3) is 3.04. The minimum absolute atomic E-state index is 0.158. The summed E-state index contributed by atoms with van der Waals surface area (Å²) < 4.78 is 16.0. The van der Waals surface area contributed by atoms with Crippen LogP contribution in [0.4, 0.5) is 4.39 Å². The fourth-order valence-electron chi connectivity index (χ4n) is 3.33. The van der Waals surface area contributed by atoms with Crippen molar-refractivity contribution in [2.45, 2.75) is 13.0 Å². The molecule has 3 aromatic carbocycles. The van der Waals surface area contributed by atoms with Gasteiger partial charge in [0.2, 0.25) is 0 Å². The van der Waals surface area contributed by atoms with Gasteiger partial charge in [0.1, 0.15) is 5.82 Å². The summed E-state index contributed by atoms with van der Waals surface area (Å²) >= 11 is 0. The van der Waals surface area contributed by atoms with Crippen molar-refractivity contribution in [3.05, 3.63) is 96.3 Å². The molecule has 0 bridgehead atoms. The van der Waals surface area contributed by atoms with Gasteiger partial charge in [-0.05, 0) is 29.8 Å². The molecular weight excluding hydrogens is 325 g/mol. The van der Waals surface area contributed by atoms with Crippen molar-refractivity contribution >= 4 is 16.7 Å². The molecule has 0 radical (unpaired) electrons. The number of aryl methyl sites for hydroxylation is 1. The number of hydrogen-bond donors (Lipinski definition) is 0. The maximum atomic E-state index is 13.9. The summed E-state index contributed by atoms with van der Waals surface area (Å²) in [5, 5.41) is 1.13. The Hall–Kier alpha value is -3.20. The molecule has 0 fully saturated rings. The summed E-state index contributed by atoms with van der Waals surface area (Å²) in [6.45, 7) is 0.505. The van der Waals surface area contributed by atoms with Gasteiger partial charge < -0.3 is 4.57 Å². The first-order chi connectivity index (χ1) is 12.7. The van der Waals surface area contributed by atoms with E-state index in [-0.39, 0.29) is 17.8 Å². The fraction of sp³-hybridized carbons (Fsp3) is 0.0870. The molecule has 0 aliphatic carbocycles. The van der Waals surface area contributed by atoms with Crippen LogP contribution in [0.15, 0.2) is 84.9 Å². The molecule has 0 aliphatic heterocycles. The molecule has 0 N–H and O–H groups in total. The van der Waals surface area contributed by atoms with Gasteiger partial charge in [-0.1, -0.05) is 60.7 Å². The van der Waals surface area contributed by atoms with Crippen molar-refractivity contribution in [1.82, 2.24) is 4.57 Å². The number of rotatable bonds is 5. The second-order valence-electron chi connectivity index (χ2n) is 6.26. The van der Waals surface area contributed by atoms with Gasteiger partial charge in [-0.2, -0.15) is 0 Å².